The summed E-state index contributed by atoms with van der Waals surface area (Å²) in [6.07, 6.45) is 5.22. The van der Waals surface area contributed by atoms with Crippen LogP contribution in [0.1, 0.15) is 50.5 Å². The summed E-state index contributed by atoms with van der Waals surface area (Å²) in [5.41, 5.74) is 0.338. The molecule has 1 amide bonds. The predicted molar refractivity (Wildman–Crippen MR) is 78.3 cm³/mol. The molecule has 0 bridgehead atoms. The Balaban J connectivity index is 1.96. The van der Waals surface area contributed by atoms with Gasteiger partial charge in [-0.2, -0.15) is 0 Å². The first-order valence-corrected chi connectivity index (χ1v) is 9.04. The Bertz CT molecular complexity index is 588. The topological polar surface area (TPSA) is 89.3 Å². The molecule has 1 aliphatic rings. The standard InChI is InChI=1S/C14H22N2O4S/c1-10-8-13(16-20-10)9-21(18,19)11(2)14(17)15-12-6-4-3-5-7-12/h8,11-12H,3-7,9H2,1-2H3,(H,15,17)/t11-/m1/s1. The summed E-state index contributed by atoms with van der Waals surface area (Å²) < 4.78 is 29.4. The van der Waals surface area contributed by atoms with Gasteiger partial charge in [-0.3, -0.25) is 4.79 Å². The van der Waals surface area contributed by atoms with Gasteiger partial charge in [-0.05, 0) is 26.7 Å². The second-order valence-corrected chi connectivity index (χ2v) is 8.04. The number of rotatable bonds is 5. The number of nitrogens with one attached hydrogen (secondary N) is 1. The summed E-state index contributed by atoms with van der Waals surface area (Å²) in [6.45, 7) is 3.13. The van der Waals surface area contributed by atoms with Crippen LogP contribution >= 0.6 is 0 Å². The maximum Gasteiger partial charge on any atom is 0.238 e. The van der Waals surface area contributed by atoms with Crippen LogP contribution < -0.4 is 5.32 Å². The zero-order valence-electron chi connectivity index (χ0n) is 12.5. The number of sulfone groups is 1. The molecule has 1 aromatic heterocycles. The summed E-state index contributed by atoms with van der Waals surface area (Å²) in [6, 6.07) is 1.68. The van der Waals surface area contributed by atoms with Crippen LogP contribution in [0.15, 0.2) is 10.6 Å². The molecule has 0 aromatic carbocycles. The van der Waals surface area contributed by atoms with Crippen LogP contribution in [0.25, 0.3) is 0 Å². The Hall–Kier alpha value is -1.37. The molecule has 1 N–H and O–H groups in total. The Labute approximate surface area is 125 Å². The Kier molecular flexibility index (Phi) is 5.03. The van der Waals surface area contributed by atoms with Crippen molar-refractivity contribution in [3.8, 4) is 0 Å². The average molecular weight is 314 g/mol. The third-order valence-electron chi connectivity index (χ3n) is 3.89. The smallest absolute Gasteiger partial charge is 0.238 e. The Morgan fingerprint density at radius 2 is 2.10 bits per heavy atom. The van der Waals surface area contributed by atoms with Gasteiger partial charge in [-0.15, -0.1) is 0 Å². The van der Waals surface area contributed by atoms with Gasteiger partial charge in [0.05, 0.1) is 11.4 Å². The highest BCUT2D eigenvalue weighted by Crippen LogP contribution is 2.18. The van der Waals surface area contributed by atoms with Crippen LogP contribution in [0, 0.1) is 6.92 Å². The molecule has 1 aliphatic carbocycles. The number of aromatic nitrogens is 1. The first-order chi connectivity index (χ1) is 9.88. The van der Waals surface area contributed by atoms with Crippen LogP contribution in [0.2, 0.25) is 0 Å². The molecule has 0 aliphatic heterocycles. The van der Waals surface area contributed by atoms with Gasteiger partial charge in [0.25, 0.3) is 0 Å². The fourth-order valence-corrected chi connectivity index (χ4v) is 3.74. The van der Waals surface area contributed by atoms with Crippen LogP contribution in [0.4, 0.5) is 0 Å². The molecule has 0 unspecified atom stereocenters. The minimum absolute atomic E-state index is 0.109. The molecule has 0 spiro atoms. The van der Waals surface area contributed by atoms with E-state index in [9.17, 15) is 13.2 Å². The van der Waals surface area contributed by atoms with E-state index in [1.807, 2.05) is 0 Å². The van der Waals surface area contributed by atoms with Crippen LogP contribution in [0.5, 0.6) is 0 Å². The van der Waals surface area contributed by atoms with Crippen molar-refractivity contribution in [1.29, 1.82) is 0 Å². The van der Waals surface area contributed by atoms with E-state index in [0.29, 0.717) is 11.5 Å². The molecule has 21 heavy (non-hydrogen) atoms. The van der Waals surface area contributed by atoms with Gasteiger partial charge in [0.15, 0.2) is 9.84 Å². The number of amides is 1. The van der Waals surface area contributed by atoms with Gasteiger partial charge in [0, 0.05) is 12.1 Å². The molecule has 7 heteroatoms. The van der Waals surface area contributed by atoms with Crippen molar-refractivity contribution < 1.29 is 17.7 Å². The van der Waals surface area contributed by atoms with Gasteiger partial charge in [0.2, 0.25) is 5.91 Å². The number of aryl methyl sites for hydroxylation is 1. The molecule has 6 nitrogen and oxygen atoms in total. The van der Waals surface area contributed by atoms with Crippen molar-refractivity contribution in [2.75, 3.05) is 0 Å². The zero-order valence-corrected chi connectivity index (χ0v) is 13.3. The normalized spacial score (nSPS) is 18.4. The number of carbonyl (C=O) groups is 1. The van der Waals surface area contributed by atoms with Crippen molar-refractivity contribution in [2.24, 2.45) is 0 Å². The van der Waals surface area contributed by atoms with Crippen molar-refractivity contribution in [3.63, 3.8) is 0 Å². The van der Waals surface area contributed by atoms with Crippen LogP contribution in [0.3, 0.4) is 0 Å². The van der Waals surface area contributed by atoms with E-state index in [0.717, 1.165) is 25.7 Å². The highest BCUT2D eigenvalue weighted by atomic mass is 32.2. The maximum absolute atomic E-state index is 12.2. The maximum atomic E-state index is 12.2. The molecule has 1 heterocycles. The Morgan fingerprint density at radius 1 is 1.43 bits per heavy atom. The number of hydrogen-bond acceptors (Lipinski definition) is 5. The quantitative estimate of drug-likeness (QED) is 0.894. The van der Waals surface area contributed by atoms with Gasteiger partial charge >= 0.3 is 0 Å². The summed E-state index contributed by atoms with van der Waals surface area (Å²) in [5, 5.41) is 5.45. The molecule has 1 saturated carbocycles. The van der Waals surface area contributed by atoms with Gasteiger partial charge < -0.3 is 9.84 Å². The first kappa shape index (κ1) is 16.0. The molecule has 118 valence electrons. The fourth-order valence-electron chi connectivity index (χ4n) is 2.55. The van der Waals surface area contributed by atoms with E-state index in [-0.39, 0.29) is 11.8 Å². The summed E-state index contributed by atoms with van der Waals surface area (Å²) in [7, 11) is -3.58. The molecule has 1 aromatic rings. The molecule has 0 saturated heterocycles. The first-order valence-electron chi connectivity index (χ1n) is 7.32. The van der Waals surface area contributed by atoms with Crippen molar-refractivity contribution in [2.45, 2.75) is 63.0 Å². The minimum atomic E-state index is -3.58. The lowest BCUT2D eigenvalue weighted by molar-refractivity contribution is -0.121. The monoisotopic (exact) mass is 314 g/mol. The van der Waals surface area contributed by atoms with Crippen LogP contribution in [-0.2, 0) is 20.4 Å². The number of nitrogens with zero attached hydrogens (tertiary/aromatic N) is 1. The largest absolute Gasteiger partial charge is 0.361 e. The fraction of sp³-hybridized carbons (Fsp3) is 0.714. The Morgan fingerprint density at radius 3 is 2.67 bits per heavy atom. The molecule has 1 atom stereocenters. The lowest BCUT2D eigenvalue weighted by Crippen LogP contribution is -2.44. The highest BCUT2D eigenvalue weighted by molar-refractivity contribution is 7.92. The van der Waals surface area contributed by atoms with Gasteiger partial charge in [0.1, 0.15) is 11.0 Å². The molecular formula is C14H22N2O4S. The zero-order chi connectivity index (χ0) is 15.5. The third-order valence-corrected chi connectivity index (χ3v) is 5.87. The van der Waals surface area contributed by atoms with E-state index in [2.05, 4.69) is 10.5 Å². The van der Waals surface area contributed by atoms with Crippen molar-refractivity contribution in [1.82, 2.24) is 10.5 Å². The van der Waals surface area contributed by atoms with Crippen molar-refractivity contribution in [3.05, 3.63) is 17.5 Å². The lowest BCUT2D eigenvalue weighted by Gasteiger charge is -2.24. The highest BCUT2D eigenvalue weighted by Gasteiger charge is 2.30. The second kappa shape index (κ2) is 6.60. The second-order valence-electron chi connectivity index (χ2n) is 5.72. The van der Waals surface area contributed by atoms with Crippen LogP contribution in [-0.4, -0.2) is 30.8 Å². The number of carbonyl (C=O) groups excluding carboxylic acids is 1. The number of hydrogen-bond donors (Lipinski definition) is 1. The van der Waals surface area contributed by atoms with Gasteiger partial charge in [-0.1, -0.05) is 24.4 Å². The summed E-state index contributed by atoms with van der Waals surface area (Å²) in [4.78, 5) is 12.1. The van der Waals surface area contributed by atoms with E-state index < -0.39 is 21.0 Å². The molecule has 2 rings (SSSR count). The SMILES string of the molecule is Cc1cc(CS(=O)(=O)[C@H](C)C(=O)NC2CCCCC2)no1. The molecule has 1 fully saturated rings. The molecule has 0 radical (unpaired) electrons. The van der Waals surface area contributed by atoms with E-state index in [1.165, 1.54) is 13.3 Å². The third kappa shape index (κ3) is 4.30. The van der Waals surface area contributed by atoms with Crippen molar-refractivity contribution >= 4 is 15.7 Å². The summed E-state index contributed by atoms with van der Waals surface area (Å²) >= 11 is 0. The van der Waals surface area contributed by atoms with E-state index in [1.54, 1.807) is 13.0 Å². The van der Waals surface area contributed by atoms with E-state index >= 15 is 0 Å². The van der Waals surface area contributed by atoms with E-state index in [4.69, 9.17) is 4.52 Å². The molecular weight excluding hydrogens is 292 g/mol. The average Bonchev–Trinajstić information content (AvgIpc) is 2.83. The van der Waals surface area contributed by atoms with Gasteiger partial charge in [-0.25, -0.2) is 8.42 Å². The minimum Gasteiger partial charge on any atom is -0.361 e. The predicted octanol–water partition coefficient (Wildman–Crippen LogP) is 1.74. The summed E-state index contributed by atoms with van der Waals surface area (Å²) in [5.74, 6) is -0.134. The lowest BCUT2D eigenvalue weighted by atomic mass is 9.95.